The minimum absolute atomic E-state index is 0.0608. The van der Waals surface area contributed by atoms with Crippen LogP contribution in [0, 0.1) is 18.8 Å². The molecule has 0 spiro atoms. The Labute approximate surface area is 129 Å². The van der Waals surface area contributed by atoms with Crippen LogP contribution in [0.3, 0.4) is 0 Å². The van der Waals surface area contributed by atoms with Crippen LogP contribution in [-0.2, 0) is 4.79 Å². The van der Waals surface area contributed by atoms with Gasteiger partial charge in [0.1, 0.15) is 5.69 Å². The van der Waals surface area contributed by atoms with E-state index in [-0.39, 0.29) is 17.2 Å². The number of aromatic amines is 1. The van der Waals surface area contributed by atoms with Crippen molar-refractivity contribution < 1.29 is 4.79 Å². The molecule has 1 aromatic heterocycles. The van der Waals surface area contributed by atoms with Gasteiger partial charge in [0.15, 0.2) is 5.16 Å². The Kier molecular flexibility index (Phi) is 6.87. The second-order valence-corrected chi connectivity index (χ2v) is 6.88. The highest BCUT2D eigenvalue weighted by molar-refractivity contribution is 7.99. The summed E-state index contributed by atoms with van der Waals surface area (Å²) in [4.78, 5) is 28.2. The van der Waals surface area contributed by atoms with Gasteiger partial charge in [0.2, 0.25) is 5.91 Å². The highest BCUT2D eigenvalue weighted by atomic mass is 32.2. The van der Waals surface area contributed by atoms with Crippen LogP contribution in [0.2, 0.25) is 0 Å². The molecule has 1 aromatic rings. The van der Waals surface area contributed by atoms with Gasteiger partial charge in [-0.25, -0.2) is 0 Å². The van der Waals surface area contributed by atoms with E-state index < -0.39 is 0 Å². The fourth-order valence-corrected chi connectivity index (χ4v) is 2.53. The molecule has 118 valence electrons. The molecule has 0 aliphatic heterocycles. The average molecular weight is 312 g/mol. The Morgan fingerprint density at radius 3 is 2.24 bits per heavy atom. The van der Waals surface area contributed by atoms with E-state index in [2.05, 4.69) is 42.9 Å². The quantitative estimate of drug-likeness (QED) is 0.775. The second kappa shape index (κ2) is 8.17. The summed E-state index contributed by atoms with van der Waals surface area (Å²) in [6.07, 6.45) is 0. The minimum atomic E-state index is -0.263. The number of H-pyrrole nitrogens is 1. The van der Waals surface area contributed by atoms with Crippen LogP contribution in [0.25, 0.3) is 0 Å². The summed E-state index contributed by atoms with van der Waals surface area (Å²) in [5.74, 6) is 1.17. The first kappa shape index (κ1) is 17.7. The predicted molar refractivity (Wildman–Crippen MR) is 84.4 cm³/mol. The minimum Gasteiger partial charge on any atom is -0.341 e. The lowest BCUT2D eigenvalue weighted by Gasteiger charge is -2.26. The fourth-order valence-electron chi connectivity index (χ4n) is 1.82. The van der Waals surface area contributed by atoms with Crippen molar-refractivity contribution in [3.8, 4) is 0 Å². The van der Waals surface area contributed by atoms with Crippen molar-refractivity contribution in [3.05, 3.63) is 16.0 Å². The van der Waals surface area contributed by atoms with Crippen molar-refractivity contribution >= 4 is 17.7 Å². The first-order chi connectivity index (χ1) is 9.79. The number of aromatic nitrogens is 3. The maximum atomic E-state index is 12.3. The molecule has 0 fully saturated rings. The molecular formula is C14H24N4O2S. The van der Waals surface area contributed by atoms with Crippen LogP contribution >= 0.6 is 11.8 Å². The van der Waals surface area contributed by atoms with Gasteiger partial charge in [0.25, 0.3) is 5.56 Å². The van der Waals surface area contributed by atoms with Crippen molar-refractivity contribution in [2.24, 2.45) is 11.8 Å². The van der Waals surface area contributed by atoms with E-state index in [1.54, 1.807) is 6.92 Å². The van der Waals surface area contributed by atoms with Gasteiger partial charge in [-0.15, -0.1) is 10.2 Å². The molecule has 0 saturated heterocycles. The van der Waals surface area contributed by atoms with Gasteiger partial charge in [-0.3, -0.25) is 14.6 Å². The van der Waals surface area contributed by atoms with Crippen LogP contribution in [-0.4, -0.2) is 44.8 Å². The van der Waals surface area contributed by atoms with Gasteiger partial charge in [-0.05, 0) is 18.8 Å². The zero-order valence-corrected chi connectivity index (χ0v) is 14.2. The third-order valence-corrected chi connectivity index (χ3v) is 3.54. The molecule has 1 heterocycles. The molecule has 6 nitrogen and oxygen atoms in total. The predicted octanol–water partition coefficient (Wildman–Crippen LogP) is 1.71. The number of nitrogens with one attached hydrogen (secondary N) is 1. The van der Waals surface area contributed by atoms with Crippen LogP contribution in [0.1, 0.15) is 33.4 Å². The van der Waals surface area contributed by atoms with Gasteiger partial charge < -0.3 is 4.90 Å². The molecule has 0 aromatic carbocycles. The van der Waals surface area contributed by atoms with E-state index in [1.165, 1.54) is 11.8 Å². The van der Waals surface area contributed by atoms with Crippen molar-refractivity contribution in [3.63, 3.8) is 0 Å². The molecule has 0 atom stereocenters. The lowest BCUT2D eigenvalue weighted by molar-refractivity contribution is -0.129. The summed E-state index contributed by atoms with van der Waals surface area (Å²) < 4.78 is 0. The first-order valence-corrected chi connectivity index (χ1v) is 8.12. The molecule has 0 unspecified atom stereocenters. The van der Waals surface area contributed by atoms with E-state index in [4.69, 9.17) is 0 Å². The van der Waals surface area contributed by atoms with E-state index in [9.17, 15) is 9.59 Å². The van der Waals surface area contributed by atoms with Gasteiger partial charge in [0, 0.05) is 13.1 Å². The number of hydrogen-bond donors (Lipinski definition) is 1. The number of aryl methyl sites for hydroxylation is 1. The van der Waals surface area contributed by atoms with Gasteiger partial charge in [-0.1, -0.05) is 39.5 Å². The van der Waals surface area contributed by atoms with E-state index in [0.29, 0.717) is 22.7 Å². The Morgan fingerprint density at radius 2 is 1.76 bits per heavy atom. The number of carbonyl (C=O) groups is 1. The second-order valence-electron chi connectivity index (χ2n) is 5.92. The molecule has 1 amide bonds. The molecule has 1 rings (SSSR count). The maximum Gasteiger partial charge on any atom is 0.273 e. The van der Waals surface area contributed by atoms with Crippen molar-refractivity contribution in [1.82, 2.24) is 20.1 Å². The Morgan fingerprint density at radius 1 is 1.19 bits per heavy atom. The standard InChI is InChI=1S/C14H24N4O2S/c1-9(2)6-18(7-10(3)4)12(19)8-21-14-15-13(20)11(5)16-17-14/h9-10H,6-8H2,1-5H3,(H,15,17,20). The molecule has 0 aliphatic carbocycles. The van der Waals surface area contributed by atoms with Crippen LogP contribution in [0.5, 0.6) is 0 Å². The molecular weight excluding hydrogens is 288 g/mol. The van der Waals surface area contributed by atoms with E-state index in [0.717, 1.165) is 13.1 Å². The summed E-state index contributed by atoms with van der Waals surface area (Å²) >= 11 is 1.21. The number of thioether (sulfide) groups is 1. The lowest BCUT2D eigenvalue weighted by atomic mass is 10.1. The van der Waals surface area contributed by atoms with Gasteiger partial charge in [0.05, 0.1) is 5.75 Å². The van der Waals surface area contributed by atoms with Crippen molar-refractivity contribution in [1.29, 1.82) is 0 Å². The van der Waals surface area contributed by atoms with Gasteiger partial charge >= 0.3 is 0 Å². The van der Waals surface area contributed by atoms with Crippen LogP contribution in [0.4, 0.5) is 0 Å². The summed E-state index contributed by atoms with van der Waals surface area (Å²) in [6.45, 7) is 11.5. The zero-order chi connectivity index (χ0) is 16.0. The first-order valence-electron chi connectivity index (χ1n) is 7.13. The van der Waals surface area contributed by atoms with E-state index >= 15 is 0 Å². The smallest absolute Gasteiger partial charge is 0.273 e. The topological polar surface area (TPSA) is 79.0 Å². The highest BCUT2D eigenvalue weighted by Crippen LogP contribution is 2.13. The molecule has 0 aliphatic rings. The number of rotatable bonds is 7. The monoisotopic (exact) mass is 312 g/mol. The summed E-state index contributed by atoms with van der Waals surface area (Å²) in [5.41, 5.74) is 0.0630. The lowest BCUT2D eigenvalue weighted by Crippen LogP contribution is -2.38. The average Bonchev–Trinajstić information content (AvgIpc) is 2.38. The normalized spacial score (nSPS) is 11.2. The molecule has 0 radical (unpaired) electrons. The number of hydrogen-bond acceptors (Lipinski definition) is 5. The van der Waals surface area contributed by atoms with E-state index in [1.807, 2.05) is 4.90 Å². The Bertz CT molecular complexity index is 518. The fraction of sp³-hybridized carbons (Fsp3) is 0.714. The summed E-state index contributed by atoms with van der Waals surface area (Å²) in [6, 6.07) is 0. The summed E-state index contributed by atoms with van der Waals surface area (Å²) in [5, 5.41) is 8.02. The van der Waals surface area contributed by atoms with Crippen molar-refractivity contribution in [2.75, 3.05) is 18.8 Å². The molecule has 0 saturated carbocycles. The summed E-state index contributed by atoms with van der Waals surface area (Å²) in [7, 11) is 0. The SMILES string of the molecule is Cc1nnc(SCC(=O)N(CC(C)C)CC(C)C)[nH]c1=O. The molecule has 0 bridgehead atoms. The molecule has 1 N–H and O–H groups in total. The Balaban J connectivity index is 2.63. The van der Waals surface area contributed by atoms with Crippen LogP contribution in [0.15, 0.2) is 9.95 Å². The van der Waals surface area contributed by atoms with Gasteiger partial charge in [-0.2, -0.15) is 0 Å². The van der Waals surface area contributed by atoms with Crippen LogP contribution < -0.4 is 5.56 Å². The number of amides is 1. The molecule has 21 heavy (non-hydrogen) atoms. The highest BCUT2D eigenvalue weighted by Gasteiger charge is 2.17. The maximum absolute atomic E-state index is 12.3. The Hall–Kier alpha value is -1.37. The third-order valence-electron chi connectivity index (χ3n) is 2.70. The van der Waals surface area contributed by atoms with Crippen molar-refractivity contribution in [2.45, 2.75) is 39.8 Å². The largest absolute Gasteiger partial charge is 0.341 e. The third kappa shape index (κ3) is 6.29. The number of carbonyl (C=O) groups excluding carboxylic acids is 1. The molecule has 7 heteroatoms. The number of nitrogens with zero attached hydrogens (tertiary/aromatic N) is 3. The zero-order valence-electron chi connectivity index (χ0n) is 13.3.